The molecule has 0 saturated carbocycles. The molecule has 1 heterocycles. The first-order valence-corrected chi connectivity index (χ1v) is 8.32. The van der Waals surface area contributed by atoms with Crippen LogP contribution >= 0.6 is 11.8 Å². The lowest BCUT2D eigenvalue weighted by molar-refractivity contribution is -0.149. The molecule has 6 nitrogen and oxygen atoms in total. The van der Waals surface area contributed by atoms with Crippen LogP contribution in [0.3, 0.4) is 0 Å². The number of likely N-dealkylation sites (tertiary alicyclic amines) is 1. The lowest BCUT2D eigenvalue weighted by Crippen LogP contribution is -2.43. The Bertz CT molecular complexity index is 591. The molecular weight excluding hydrogens is 318 g/mol. The Morgan fingerprint density at radius 2 is 1.96 bits per heavy atom. The highest BCUT2D eigenvalue weighted by Crippen LogP contribution is 2.23. The van der Waals surface area contributed by atoms with Crippen molar-refractivity contribution in [2.45, 2.75) is 25.5 Å². The summed E-state index contributed by atoms with van der Waals surface area (Å²) in [4.78, 5) is 36.8. The van der Waals surface area contributed by atoms with Gasteiger partial charge in [0.1, 0.15) is 6.04 Å². The van der Waals surface area contributed by atoms with Gasteiger partial charge >= 0.3 is 5.97 Å². The fraction of sp³-hybridized carbons (Fsp3) is 0.438. The van der Waals surface area contributed by atoms with E-state index < -0.39 is 24.0 Å². The smallest absolute Gasteiger partial charge is 0.326 e. The van der Waals surface area contributed by atoms with Crippen molar-refractivity contribution in [3.05, 3.63) is 35.9 Å². The van der Waals surface area contributed by atoms with Crippen molar-refractivity contribution in [1.29, 1.82) is 0 Å². The second-order valence-electron chi connectivity index (χ2n) is 5.60. The Labute approximate surface area is 138 Å². The zero-order chi connectivity index (χ0) is 17.0. The molecule has 2 unspecified atom stereocenters. The number of nitrogens with zero attached hydrogens (tertiary/aromatic N) is 1. The molecule has 23 heavy (non-hydrogen) atoms. The summed E-state index contributed by atoms with van der Waals surface area (Å²) in [5, 5.41) is 18.6. The summed E-state index contributed by atoms with van der Waals surface area (Å²) in [7, 11) is 0. The van der Waals surface area contributed by atoms with E-state index in [2.05, 4.69) is 0 Å². The molecule has 1 aliphatic rings. The Kier molecular flexibility index (Phi) is 5.79. The average molecular weight is 337 g/mol. The van der Waals surface area contributed by atoms with Gasteiger partial charge < -0.3 is 15.1 Å². The topological polar surface area (TPSA) is 94.9 Å². The van der Waals surface area contributed by atoms with E-state index in [4.69, 9.17) is 5.11 Å². The maximum Gasteiger partial charge on any atom is 0.326 e. The fourth-order valence-corrected chi connectivity index (χ4v) is 3.35. The summed E-state index contributed by atoms with van der Waals surface area (Å²) in [5.41, 5.74) is 0.567. The van der Waals surface area contributed by atoms with Gasteiger partial charge in [-0.2, -0.15) is 0 Å². The number of β-amino-alcohol motifs (C(OH)–C–C–N with tert-alkyl or cyclic N) is 1. The maximum absolute atomic E-state index is 12.4. The number of carbonyl (C=O) groups is 3. The monoisotopic (exact) mass is 337 g/mol. The highest BCUT2D eigenvalue weighted by molar-refractivity contribution is 8.14. The molecule has 0 aliphatic carbocycles. The normalized spacial score (nSPS) is 21.9. The second kappa shape index (κ2) is 7.61. The van der Waals surface area contributed by atoms with Gasteiger partial charge in [0.15, 0.2) is 0 Å². The van der Waals surface area contributed by atoms with Gasteiger partial charge in [0, 0.05) is 30.2 Å². The molecule has 2 rings (SSSR count). The van der Waals surface area contributed by atoms with Crippen molar-refractivity contribution in [1.82, 2.24) is 4.90 Å². The fourth-order valence-electron chi connectivity index (χ4n) is 2.50. The van der Waals surface area contributed by atoms with Crippen LogP contribution in [0.15, 0.2) is 30.3 Å². The molecule has 1 aliphatic heterocycles. The van der Waals surface area contributed by atoms with Crippen LogP contribution < -0.4 is 0 Å². The molecule has 1 amide bonds. The van der Waals surface area contributed by atoms with Gasteiger partial charge in [-0.25, -0.2) is 4.79 Å². The third-order valence-corrected chi connectivity index (χ3v) is 4.91. The molecule has 124 valence electrons. The maximum atomic E-state index is 12.4. The van der Waals surface area contributed by atoms with Gasteiger partial charge in [-0.05, 0) is 0 Å². The van der Waals surface area contributed by atoms with Crippen LogP contribution in [0, 0.1) is 5.92 Å². The Morgan fingerprint density at radius 1 is 1.30 bits per heavy atom. The van der Waals surface area contributed by atoms with Crippen LogP contribution in [-0.2, 0) is 9.59 Å². The SMILES string of the molecule is CC(CSC(=O)c1ccccc1)C(=O)N1CC(O)C[C@H]1C(=O)O. The number of thioether (sulfide) groups is 1. The van der Waals surface area contributed by atoms with Crippen LogP contribution in [-0.4, -0.2) is 56.5 Å². The number of hydrogen-bond donors (Lipinski definition) is 2. The Morgan fingerprint density at radius 3 is 2.57 bits per heavy atom. The summed E-state index contributed by atoms with van der Waals surface area (Å²) in [6, 6.07) is 7.78. The zero-order valence-corrected chi connectivity index (χ0v) is 13.5. The number of aliphatic hydroxyl groups excluding tert-OH is 1. The second-order valence-corrected chi connectivity index (χ2v) is 6.59. The lowest BCUT2D eigenvalue weighted by atomic mass is 10.1. The number of carbonyl (C=O) groups excluding carboxylic acids is 2. The summed E-state index contributed by atoms with van der Waals surface area (Å²) in [6.45, 7) is 1.69. The molecule has 1 saturated heterocycles. The summed E-state index contributed by atoms with van der Waals surface area (Å²) in [5.74, 6) is -1.69. The van der Waals surface area contributed by atoms with Crippen molar-refractivity contribution in [3.63, 3.8) is 0 Å². The first-order valence-electron chi connectivity index (χ1n) is 7.33. The highest BCUT2D eigenvalue weighted by Gasteiger charge is 2.40. The van der Waals surface area contributed by atoms with Crippen molar-refractivity contribution in [3.8, 4) is 0 Å². The third-order valence-electron chi connectivity index (χ3n) is 3.74. The zero-order valence-electron chi connectivity index (χ0n) is 12.7. The van der Waals surface area contributed by atoms with Gasteiger partial charge in [-0.3, -0.25) is 9.59 Å². The van der Waals surface area contributed by atoms with Gasteiger partial charge in [0.2, 0.25) is 11.0 Å². The van der Waals surface area contributed by atoms with E-state index in [0.29, 0.717) is 5.56 Å². The molecule has 1 aromatic carbocycles. The molecule has 7 heteroatoms. The molecule has 0 bridgehead atoms. The average Bonchev–Trinajstić information content (AvgIpc) is 2.94. The van der Waals surface area contributed by atoms with Gasteiger partial charge in [-0.15, -0.1) is 0 Å². The Balaban J connectivity index is 1.92. The van der Waals surface area contributed by atoms with E-state index in [1.54, 1.807) is 31.2 Å². The standard InChI is InChI=1S/C16H19NO5S/c1-10(9-23-16(22)11-5-3-2-4-6-11)14(19)17-8-12(18)7-13(17)15(20)21/h2-6,10,12-13,18H,7-9H2,1H3,(H,20,21)/t10?,12?,13-/m0/s1. The van der Waals surface area contributed by atoms with Crippen LogP contribution in [0.5, 0.6) is 0 Å². The molecule has 0 aromatic heterocycles. The van der Waals surface area contributed by atoms with E-state index in [1.165, 1.54) is 4.90 Å². The molecule has 0 spiro atoms. The molecule has 3 atom stereocenters. The van der Waals surface area contributed by atoms with E-state index in [-0.39, 0.29) is 29.7 Å². The highest BCUT2D eigenvalue weighted by atomic mass is 32.2. The van der Waals surface area contributed by atoms with Gasteiger partial charge in [0.05, 0.1) is 6.10 Å². The molecule has 2 N–H and O–H groups in total. The van der Waals surface area contributed by atoms with Crippen LogP contribution in [0.4, 0.5) is 0 Å². The number of rotatable bonds is 5. The van der Waals surface area contributed by atoms with Crippen molar-refractivity contribution in [2.24, 2.45) is 5.92 Å². The molecule has 1 fully saturated rings. The predicted molar refractivity (Wildman–Crippen MR) is 86.2 cm³/mol. The number of aliphatic carboxylic acids is 1. The van der Waals surface area contributed by atoms with Crippen molar-refractivity contribution < 1.29 is 24.6 Å². The summed E-state index contributed by atoms with van der Waals surface area (Å²) in [6.07, 6.45) is -0.769. The minimum absolute atomic E-state index is 0.0252. The quantitative estimate of drug-likeness (QED) is 0.839. The first-order chi connectivity index (χ1) is 10.9. The molecule has 0 radical (unpaired) electrons. The van der Waals surface area contributed by atoms with E-state index >= 15 is 0 Å². The Hall–Kier alpha value is -1.86. The van der Waals surface area contributed by atoms with Crippen LogP contribution in [0.2, 0.25) is 0 Å². The minimum atomic E-state index is -1.12. The van der Waals surface area contributed by atoms with Crippen molar-refractivity contribution in [2.75, 3.05) is 12.3 Å². The number of carboxylic acid groups (broad SMARTS) is 1. The first kappa shape index (κ1) is 17.5. The number of amides is 1. The largest absolute Gasteiger partial charge is 0.480 e. The number of aliphatic hydroxyl groups is 1. The molecule has 1 aromatic rings. The van der Waals surface area contributed by atoms with Gasteiger partial charge in [-0.1, -0.05) is 49.0 Å². The predicted octanol–water partition coefficient (Wildman–Crippen LogP) is 1.24. The molecular formula is C16H19NO5S. The van der Waals surface area contributed by atoms with Crippen LogP contribution in [0.1, 0.15) is 23.7 Å². The lowest BCUT2D eigenvalue weighted by Gasteiger charge is -2.24. The van der Waals surface area contributed by atoms with E-state index in [0.717, 1.165) is 11.8 Å². The summed E-state index contributed by atoms with van der Waals surface area (Å²) >= 11 is 1.04. The third kappa shape index (κ3) is 4.33. The van der Waals surface area contributed by atoms with E-state index in [9.17, 15) is 19.5 Å². The van der Waals surface area contributed by atoms with Gasteiger partial charge in [0.25, 0.3) is 0 Å². The van der Waals surface area contributed by atoms with Crippen molar-refractivity contribution >= 4 is 28.8 Å². The number of hydrogen-bond acceptors (Lipinski definition) is 5. The number of benzene rings is 1. The minimum Gasteiger partial charge on any atom is -0.480 e. The summed E-state index contributed by atoms with van der Waals surface area (Å²) < 4.78 is 0. The van der Waals surface area contributed by atoms with E-state index in [1.807, 2.05) is 6.07 Å². The van der Waals surface area contributed by atoms with Crippen LogP contribution in [0.25, 0.3) is 0 Å². The number of carboxylic acids is 1.